The van der Waals surface area contributed by atoms with Gasteiger partial charge in [0.25, 0.3) is 5.30 Å². The number of ether oxygens (including phenoxy) is 5. The number of hydrogen-bond donors (Lipinski definition) is 0. The van der Waals surface area contributed by atoms with Crippen molar-refractivity contribution in [1.29, 1.82) is 0 Å². The first-order valence-corrected chi connectivity index (χ1v) is 7.76. The van der Waals surface area contributed by atoms with Crippen LogP contribution in [0.2, 0.25) is 0 Å². The highest BCUT2D eigenvalue weighted by atomic mass is 31.1. The monoisotopic (exact) mass is 343 g/mol. The van der Waals surface area contributed by atoms with E-state index >= 15 is 0 Å². The molecule has 1 atom stereocenters. The van der Waals surface area contributed by atoms with Gasteiger partial charge in [-0.15, -0.1) is 0 Å². The second kappa shape index (κ2) is 7.83. The average molecular weight is 343 g/mol. The number of allylic oxidation sites excluding steroid dienone is 1. The summed E-state index contributed by atoms with van der Waals surface area (Å²) in [6.45, 7) is 5.01. The molecule has 0 radical (unpaired) electrons. The van der Waals surface area contributed by atoms with E-state index in [2.05, 4.69) is 6.58 Å². The third-order valence-electron chi connectivity index (χ3n) is 3.03. The van der Waals surface area contributed by atoms with Crippen molar-refractivity contribution in [3.05, 3.63) is 12.2 Å². The molecule has 0 fully saturated rings. The topological polar surface area (TPSA) is 80.3 Å². The van der Waals surface area contributed by atoms with Gasteiger partial charge >= 0.3 is 13.3 Å². The summed E-state index contributed by atoms with van der Waals surface area (Å²) in [5.41, 5.74) is -0.463. The predicted octanol–water partition coefficient (Wildman–Crippen LogP) is 2.29. The second-order valence-corrected chi connectivity index (χ2v) is 5.84. The fraction of sp³-hybridized carbons (Fsp3) is 0.400. The van der Waals surface area contributed by atoms with Crippen LogP contribution in [0.15, 0.2) is 12.2 Å². The molecule has 8 heteroatoms. The predicted molar refractivity (Wildman–Crippen MR) is 86.3 cm³/mol. The molecular formula is C15H20O7P+. The van der Waals surface area contributed by atoms with Crippen LogP contribution in [-0.2, 0) is 9.36 Å². The van der Waals surface area contributed by atoms with Gasteiger partial charge in [0.05, 0.1) is 35.5 Å². The van der Waals surface area contributed by atoms with Gasteiger partial charge < -0.3 is 23.7 Å². The number of methoxy groups -OCH3 is 5. The zero-order valence-electron chi connectivity index (χ0n) is 14.0. The van der Waals surface area contributed by atoms with Crippen molar-refractivity contribution < 1.29 is 33.0 Å². The highest BCUT2D eigenvalue weighted by molar-refractivity contribution is 7.72. The molecule has 23 heavy (non-hydrogen) atoms. The third-order valence-corrected chi connectivity index (χ3v) is 4.59. The van der Waals surface area contributed by atoms with Crippen molar-refractivity contribution in [1.82, 2.24) is 0 Å². The summed E-state index contributed by atoms with van der Waals surface area (Å²) in [5, 5.41) is 0.0347. The van der Waals surface area contributed by atoms with Crippen LogP contribution in [0.4, 0.5) is 0 Å². The molecule has 1 rings (SSSR count). The number of carbonyl (C=O) groups is 1. The Labute approximate surface area is 135 Å². The third kappa shape index (κ3) is 3.24. The lowest BCUT2D eigenvalue weighted by atomic mass is 10.2. The van der Waals surface area contributed by atoms with Gasteiger partial charge in [-0.05, 0) is 6.92 Å². The molecule has 0 saturated carbocycles. The van der Waals surface area contributed by atoms with Crippen molar-refractivity contribution in [3.63, 3.8) is 0 Å². The molecule has 0 aromatic heterocycles. The van der Waals surface area contributed by atoms with Crippen molar-refractivity contribution in [2.24, 2.45) is 0 Å². The van der Waals surface area contributed by atoms with E-state index in [0.717, 1.165) is 0 Å². The highest BCUT2D eigenvalue weighted by Gasteiger charge is 2.44. The Morgan fingerprint density at radius 2 is 1.09 bits per heavy atom. The lowest BCUT2D eigenvalue weighted by Gasteiger charge is -2.18. The van der Waals surface area contributed by atoms with E-state index in [1.807, 2.05) is 0 Å². The van der Waals surface area contributed by atoms with Crippen LogP contribution in [0.1, 0.15) is 6.92 Å². The Bertz CT molecular complexity index is 619. The van der Waals surface area contributed by atoms with Gasteiger partial charge in [0, 0.05) is 5.57 Å². The number of carbonyl (C=O) groups excluding carboxylic acids is 1. The maximum absolute atomic E-state index is 12.7. The normalized spacial score (nSPS) is 10.6. The molecule has 0 amide bonds. The Kier molecular flexibility index (Phi) is 6.39. The van der Waals surface area contributed by atoms with Gasteiger partial charge in [0.2, 0.25) is 28.7 Å². The maximum Gasteiger partial charge on any atom is 0.466 e. The summed E-state index contributed by atoms with van der Waals surface area (Å²) in [4.78, 5) is 12.1. The van der Waals surface area contributed by atoms with Crippen LogP contribution >= 0.6 is 7.80 Å². The lowest BCUT2D eigenvalue weighted by Crippen LogP contribution is -2.14. The van der Waals surface area contributed by atoms with E-state index in [4.69, 9.17) is 23.7 Å². The number of benzene rings is 1. The first-order valence-electron chi connectivity index (χ1n) is 6.50. The quantitative estimate of drug-likeness (QED) is 0.529. The second-order valence-electron chi connectivity index (χ2n) is 4.39. The minimum atomic E-state index is -2.54. The van der Waals surface area contributed by atoms with E-state index in [-0.39, 0.29) is 39.6 Å². The Morgan fingerprint density at radius 3 is 1.35 bits per heavy atom. The van der Waals surface area contributed by atoms with Gasteiger partial charge in [0.15, 0.2) is 0 Å². The molecule has 0 bridgehead atoms. The van der Waals surface area contributed by atoms with Crippen LogP contribution in [-0.4, -0.2) is 41.1 Å². The standard InChI is InChI=1S/C15H20O7P/c1-8(2)15(16)23(17)14-12(21-6)10(19-4)9(18-3)11(20-5)13(14)22-7/h1H2,2-7H3/q+1. The molecule has 0 aliphatic carbocycles. The Balaban J connectivity index is 3.89. The molecule has 7 nitrogen and oxygen atoms in total. The van der Waals surface area contributed by atoms with E-state index in [0.29, 0.717) is 0 Å². The molecule has 1 unspecified atom stereocenters. The van der Waals surface area contributed by atoms with E-state index in [1.54, 1.807) is 0 Å². The molecular weight excluding hydrogens is 323 g/mol. The van der Waals surface area contributed by atoms with Gasteiger partial charge in [-0.25, -0.2) is 4.79 Å². The molecule has 0 N–H and O–H groups in total. The molecule has 0 aliphatic rings. The molecule has 0 heterocycles. The van der Waals surface area contributed by atoms with Gasteiger partial charge in [-0.1, -0.05) is 11.1 Å². The van der Waals surface area contributed by atoms with Crippen molar-refractivity contribution in [2.75, 3.05) is 35.5 Å². The van der Waals surface area contributed by atoms with Crippen LogP contribution in [0.3, 0.4) is 0 Å². The summed E-state index contributed by atoms with van der Waals surface area (Å²) >= 11 is 0. The van der Waals surface area contributed by atoms with E-state index in [1.165, 1.54) is 42.5 Å². The molecule has 126 valence electrons. The van der Waals surface area contributed by atoms with Crippen LogP contribution in [0.25, 0.3) is 0 Å². The molecule has 0 spiro atoms. The van der Waals surface area contributed by atoms with Crippen molar-refractivity contribution in [3.8, 4) is 28.7 Å². The fourth-order valence-electron chi connectivity index (χ4n) is 2.02. The average Bonchev–Trinajstić information content (AvgIpc) is 2.56. The van der Waals surface area contributed by atoms with Crippen LogP contribution in [0.5, 0.6) is 28.7 Å². The fourth-order valence-corrected chi connectivity index (χ4v) is 3.33. The van der Waals surface area contributed by atoms with Crippen LogP contribution in [0, 0.1) is 0 Å². The minimum Gasteiger partial charge on any atom is -0.490 e. The van der Waals surface area contributed by atoms with Gasteiger partial charge in [0.1, 0.15) is 0 Å². The zero-order valence-corrected chi connectivity index (χ0v) is 14.9. The van der Waals surface area contributed by atoms with Crippen molar-refractivity contribution >= 4 is 18.6 Å². The van der Waals surface area contributed by atoms with Gasteiger partial charge in [-0.2, -0.15) is 0 Å². The molecule has 1 aromatic rings. The lowest BCUT2D eigenvalue weighted by molar-refractivity contribution is -0.108. The Hall–Kier alpha value is -2.27. The zero-order chi connectivity index (χ0) is 17.7. The summed E-state index contributed by atoms with van der Waals surface area (Å²) < 4.78 is 39.1. The SMILES string of the molecule is C=C(C)C(=O)[P+](=O)c1c(OC)c(OC)c(OC)c(OC)c1OC. The molecule has 1 aromatic carbocycles. The first-order chi connectivity index (χ1) is 10.9. The molecule has 0 saturated heterocycles. The summed E-state index contributed by atoms with van der Waals surface area (Å²) in [7, 11) is 4.38. The Morgan fingerprint density at radius 1 is 0.783 bits per heavy atom. The largest absolute Gasteiger partial charge is 0.490 e. The van der Waals surface area contributed by atoms with Crippen molar-refractivity contribution in [2.45, 2.75) is 6.92 Å². The number of rotatable bonds is 8. The van der Waals surface area contributed by atoms with Crippen LogP contribution < -0.4 is 29.0 Å². The summed E-state index contributed by atoms with van der Waals surface area (Å²) in [6.07, 6.45) is 0. The van der Waals surface area contributed by atoms with Gasteiger partial charge in [-0.3, -0.25) is 0 Å². The summed E-state index contributed by atoms with van der Waals surface area (Å²) in [5.74, 6) is 0.676. The number of hydrogen-bond acceptors (Lipinski definition) is 7. The summed E-state index contributed by atoms with van der Waals surface area (Å²) in [6, 6.07) is 0. The smallest absolute Gasteiger partial charge is 0.466 e. The maximum atomic E-state index is 12.7. The minimum absolute atomic E-state index is 0.0347. The van der Waals surface area contributed by atoms with E-state index < -0.39 is 13.3 Å². The van der Waals surface area contributed by atoms with E-state index in [9.17, 15) is 9.36 Å². The highest BCUT2D eigenvalue weighted by Crippen LogP contribution is 2.52. The molecule has 0 aliphatic heterocycles. The first kappa shape index (κ1) is 18.8.